The van der Waals surface area contributed by atoms with Crippen molar-refractivity contribution in [3.05, 3.63) is 52.5 Å². The van der Waals surface area contributed by atoms with Gasteiger partial charge in [0.05, 0.1) is 10.2 Å². The molecule has 11 heteroatoms. The van der Waals surface area contributed by atoms with Gasteiger partial charge in [0.15, 0.2) is 0 Å². The highest BCUT2D eigenvalue weighted by molar-refractivity contribution is 9.10. The largest absolute Gasteiger partial charge is 0.573 e. The molecule has 0 amide bonds. The molecule has 170 valence electrons. The molecule has 0 aliphatic carbocycles. The summed E-state index contributed by atoms with van der Waals surface area (Å²) < 4.78 is 52.1. The molecule has 4 rings (SSSR count). The molecule has 0 unspecified atom stereocenters. The number of halogens is 4. The molecule has 1 fully saturated rings. The van der Waals surface area contributed by atoms with Crippen LogP contribution in [-0.2, 0) is 6.54 Å². The lowest BCUT2D eigenvalue weighted by molar-refractivity contribution is -0.274. The fourth-order valence-electron chi connectivity index (χ4n) is 3.67. The number of fused-ring (bicyclic) bond motifs is 1. The third-order valence-electron chi connectivity index (χ3n) is 5.03. The van der Waals surface area contributed by atoms with Crippen LogP contribution in [0.15, 0.2) is 51.4 Å². The highest BCUT2D eigenvalue weighted by Gasteiger charge is 2.31. The highest BCUT2D eigenvalue weighted by Crippen LogP contribution is 2.38. The maximum absolute atomic E-state index is 12.4. The molecular formula is C21H18BrF3N2O5. The summed E-state index contributed by atoms with van der Waals surface area (Å²) in [5, 5.41) is 9.45. The number of carboxylic acid groups (broad SMARTS) is 1. The van der Waals surface area contributed by atoms with Crippen LogP contribution in [0, 0.1) is 0 Å². The number of furan rings is 1. The van der Waals surface area contributed by atoms with Crippen molar-refractivity contribution in [2.75, 3.05) is 31.1 Å². The van der Waals surface area contributed by atoms with Crippen LogP contribution in [0.4, 0.5) is 23.7 Å². The van der Waals surface area contributed by atoms with Crippen LogP contribution in [0.2, 0.25) is 0 Å². The Morgan fingerprint density at radius 1 is 1.12 bits per heavy atom. The summed E-state index contributed by atoms with van der Waals surface area (Å²) in [4.78, 5) is 15.1. The van der Waals surface area contributed by atoms with Crippen LogP contribution >= 0.6 is 15.9 Å². The molecule has 32 heavy (non-hydrogen) atoms. The standard InChI is InChI=1S/C21H18BrF3N2O5/c22-19-15-11-18(31-20(28)29)30-17(15)5-4-16(19)27-8-6-26(7-9-27)12-13-2-1-3-14(10-13)32-21(23,24)25/h1-5,10-11H,6-9,12H2,(H,28,29). The number of hydrogen-bond donors (Lipinski definition) is 1. The van der Waals surface area contributed by atoms with Crippen molar-refractivity contribution in [2.24, 2.45) is 0 Å². The first-order valence-electron chi connectivity index (χ1n) is 9.63. The van der Waals surface area contributed by atoms with Crippen molar-refractivity contribution in [2.45, 2.75) is 12.9 Å². The first-order chi connectivity index (χ1) is 15.2. The van der Waals surface area contributed by atoms with E-state index in [9.17, 15) is 18.0 Å². The smallest absolute Gasteiger partial charge is 0.449 e. The lowest BCUT2D eigenvalue weighted by Gasteiger charge is -2.36. The summed E-state index contributed by atoms with van der Waals surface area (Å²) in [6.07, 6.45) is -6.17. The number of alkyl halides is 3. The Labute approximate surface area is 189 Å². The lowest BCUT2D eigenvalue weighted by atomic mass is 10.1. The summed E-state index contributed by atoms with van der Waals surface area (Å²) in [6.45, 7) is 3.36. The van der Waals surface area contributed by atoms with E-state index in [1.165, 1.54) is 18.2 Å². The molecule has 3 aromatic rings. The molecule has 1 aliphatic rings. The van der Waals surface area contributed by atoms with Crippen molar-refractivity contribution in [1.29, 1.82) is 0 Å². The number of benzene rings is 2. The van der Waals surface area contributed by atoms with E-state index < -0.39 is 12.5 Å². The molecule has 0 saturated carbocycles. The van der Waals surface area contributed by atoms with E-state index in [1.54, 1.807) is 18.2 Å². The van der Waals surface area contributed by atoms with Gasteiger partial charge in [-0.05, 0) is 45.8 Å². The van der Waals surface area contributed by atoms with E-state index in [4.69, 9.17) is 9.52 Å². The summed E-state index contributed by atoms with van der Waals surface area (Å²) >= 11 is 3.57. The zero-order valence-corrected chi connectivity index (χ0v) is 18.1. The van der Waals surface area contributed by atoms with Gasteiger partial charge in [-0.2, -0.15) is 0 Å². The summed E-state index contributed by atoms with van der Waals surface area (Å²) in [5.74, 6) is -0.330. The van der Waals surface area contributed by atoms with Crippen molar-refractivity contribution in [3.63, 3.8) is 0 Å². The Bertz CT molecular complexity index is 1130. The van der Waals surface area contributed by atoms with Gasteiger partial charge >= 0.3 is 12.5 Å². The van der Waals surface area contributed by atoms with E-state index in [-0.39, 0.29) is 11.7 Å². The fourth-order valence-corrected chi connectivity index (χ4v) is 4.36. The number of hydrogen-bond acceptors (Lipinski definition) is 6. The predicted octanol–water partition coefficient (Wildman–Crippen LogP) is 5.47. The van der Waals surface area contributed by atoms with Gasteiger partial charge < -0.3 is 23.9 Å². The monoisotopic (exact) mass is 514 g/mol. The maximum atomic E-state index is 12.4. The molecule has 2 aromatic carbocycles. The summed E-state index contributed by atoms with van der Waals surface area (Å²) in [5.41, 5.74) is 2.17. The second-order valence-corrected chi connectivity index (χ2v) is 8.00. The van der Waals surface area contributed by atoms with Crippen LogP contribution in [0.1, 0.15) is 5.56 Å². The normalized spacial score (nSPS) is 15.2. The molecular weight excluding hydrogens is 497 g/mol. The van der Waals surface area contributed by atoms with Gasteiger partial charge in [0.25, 0.3) is 5.95 Å². The molecule has 0 atom stereocenters. The van der Waals surface area contributed by atoms with Gasteiger partial charge in [0, 0.05) is 44.2 Å². The number of piperazine rings is 1. The van der Waals surface area contributed by atoms with E-state index in [2.05, 4.69) is 35.2 Å². The van der Waals surface area contributed by atoms with Crippen LogP contribution in [0.25, 0.3) is 11.0 Å². The Hall–Kier alpha value is -2.92. The minimum Gasteiger partial charge on any atom is -0.449 e. The third-order valence-corrected chi connectivity index (χ3v) is 5.86. The van der Waals surface area contributed by atoms with Gasteiger partial charge in [-0.3, -0.25) is 4.90 Å². The Balaban J connectivity index is 1.40. The zero-order valence-electron chi connectivity index (χ0n) is 16.6. The molecule has 2 heterocycles. The minimum atomic E-state index is -4.71. The SMILES string of the molecule is O=C(O)Oc1cc2c(Br)c(N3CCN(Cc4cccc(OC(F)(F)F)c4)CC3)ccc2o1. The van der Waals surface area contributed by atoms with Gasteiger partial charge in [-0.15, -0.1) is 13.2 Å². The maximum Gasteiger partial charge on any atom is 0.573 e. The molecule has 1 N–H and O–H groups in total. The molecule has 0 spiro atoms. The number of anilines is 1. The van der Waals surface area contributed by atoms with E-state index in [1.807, 2.05) is 6.07 Å². The van der Waals surface area contributed by atoms with E-state index in [0.717, 1.165) is 15.7 Å². The Morgan fingerprint density at radius 3 is 2.56 bits per heavy atom. The van der Waals surface area contributed by atoms with Crippen molar-refractivity contribution in [3.8, 4) is 11.7 Å². The summed E-state index contributed by atoms with van der Waals surface area (Å²) in [6, 6.07) is 11.2. The molecule has 1 saturated heterocycles. The molecule has 1 aliphatic heterocycles. The quantitative estimate of drug-likeness (QED) is 0.452. The van der Waals surface area contributed by atoms with Gasteiger partial charge in [-0.25, -0.2) is 4.79 Å². The topological polar surface area (TPSA) is 75.4 Å². The van der Waals surface area contributed by atoms with E-state index in [0.29, 0.717) is 43.7 Å². The minimum absolute atomic E-state index is 0.105. The Kier molecular flexibility index (Phi) is 6.20. The van der Waals surface area contributed by atoms with E-state index >= 15 is 0 Å². The third kappa shape index (κ3) is 5.28. The number of carbonyl (C=O) groups is 1. The van der Waals surface area contributed by atoms with Crippen LogP contribution in [0.3, 0.4) is 0 Å². The summed E-state index contributed by atoms with van der Waals surface area (Å²) in [7, 11) is 0. The van der Waals surface area contributed by atoms with Crippen LogP contribution in [0.5, 0.6) is 11.7 Å². The van der Waals surface area contributed by atoms with Crippen LogP contribution in [-0.4, -0.2) is 48.7 Å². The Morgan fingerprint density at radius 2 is 1.88 bits per heavy atom. The number of rotatable bonds is 5. The predicted molar refractivity (Wildman–Crippen MR) is 113 cm³/mol. The first-order valence-corrected chi connectivity index (χ1v) is 10.4. The lowest BCUT2D eigenvalue weighted by Crippen LogP contribution is -2.46. The van der Waals surface area contributed by atoms with Gasteiger partial charge in [0.1, 0.15) is 11.3 Å². The number of ether oxygens (including phenoxy) is 2. The average molecular weight is 515 g/mol. The molecule has 0 radical (unpaired) electrons. The van der Waals surface area contributed by atoms with Crippen molar-refractivity contribution in [1.82, 2.24) is 4.90 Å². The zero-order chi connectivity index (χ0) is 22.9. The fraction of sp³-hybridized carbons (Fsp3) is 0.286. The molecule has 0 bridgehead atoms. The van der Waals surface area contributed by atoms with Gasteiger partial charge in [0.2, 0.25) is 0 Å². The molecule has 7 nitrogen and oxygen atoms in total. The molecule has 1 aromatic heterocycles. The van der Waals surface area contributed by atoms with Crippen molar-refractivity contribution < 1.29 is 37.0 Å². The second-order valence-electron chi connectivity index (χ2n) is 7.20. The first kappa shape index (κ1) is 22.3. The second kappa shape index (κ2) is 8.91. The average Bonchev–Trinajstić information content (AvgIpc) is 3.11. The highest BCUT2D eigenvalue weighted by atomic mass is 79.9. The van der Waals surface area contributed by atoms with Crippen molar-refractivity contribution >= 4 is 38.7 Å². The van der Waals surface area contributed by atoms with Crippen LogP contribution < -0.4 is 14.4 Å². The number of nitrogens with zero attached hydrogens (tertiary/aromatic N) is 2. The van der Waals surface area contributed by atoms with Gasteiger partial charge in [-0.1, -0.05) is 12.1 Å².